The van der Waals surface area contributed by atoms with Gasteiger partial charge in [-0.1, -0.05) is 42.5 Å². The fourth-order valence-corrected chi connectivity index (χ4v) is 3.19. The second-order valence-electron chi connectivity index (χ2n) is 6.72. The molecule has 0 heterocycles. The van der Waals surface area contributed by atoms with Crippen molar-refractivity contribution < 1.29 is 23.8 Å². The second-order valence-corrected chi connectivity index (χ2v) is 7.13. The molecular formula is C24H23N3O5S. The molecule has 0 spiro atoms. The molecule has 0 atom stereocenters. The van der Waals surface area contributed by atoms with E-state index in [2.05, 4.69) is 16.2 Å². The van der Waals surface area contributed by atoms with Crippen LogP contribution < -0.4 is 30.4 Å². The van der Waals surface area contributed by atoms with E-state index in [0.717, 1.165) is 11.1 Å². The van der Waals surface area contributed by atoms with Gasteiger partial charge in [-0.25, -0.2) is 0 Å². The summed E-state index contributed by atoms with van der Waals surface area (Å²) >= 11 is 5.11. The van der Waals surface area contributed by atoms with E-state index >= 15 is 0 Å². The van der Waals surface area contributed by atoms with Crippen LogP contribution in [-0.4, -0.2) is 38.3 Å². The van der Waals surface area contributed by atoms with Gasteiger partial charge in [0.05, 0.1) is 21.3 Å². The Kier molecular flexibility index (Phi) is 7.82. The van der Waals surface area contributed by atoms with Gasteiger partial charge < -0.3 is 14.2 Å². The lowest BCUT2D eigenvalue weighted by Gasteiger charge is -2.15. The van der Waals surface area contributed by atoms with Crippen LogP contribution in [0.25, 0.3) is 11.1 Å². The van der Waals surface area contributed by atoms with Gasteiger partial charge in [0.1, 0.15) is 0 Å². The lowest BCUT2D eigenvalue weighted by Crippen LogP contribution is -2.48. The Morgan fingerprint density at radius 1 is 0.697 bits per heavy atom. The molecule has 170 valence electrons. The summed E-state index contributed by atoms with van der Waals surface area (Å²) in [6, 6.07) is 19.9. The van der Waals surface area contributed by atoms with Crippen LogP contribution in [0.4, 0.5) is 0 Å². The van der Waals surface area contributed by atoms with Crippen molar-refractivity contribution in [3.05, 3.63) is 77.9 Å². The molecule has 0 aromatic heterocycles. The third-order valence-corrected chi connectivity index (χ3v) is 4.90. The van der Waals surface area contributed by atoms with Crippen LogP contribution in [0.15, 0.2) is 66.7 Å². The molecule has 0 aliphatic rings. The van der Waals surface area contributed by atoms with Crippen molar-refractivity contribution in [2.45, 2.75) is 0 Å². The van der Waals surface area contributed by atoms with Gasteiger partial charge in [-0.05, 0) is 47.6 Å². The standard InChI is InChI=1S/C24H23N3O5S/c1-30-19-13-18(14-20(31-2)21(19)32-3)23(29)26-27-24(33)25-22(28)17-11-9-16(10-12-17)15-7-5-4-6-8-15/h4-14H,1-3H3,(H,26,29)(H2,25,27,28,33). The number of nitrogens with one attached hydrogen (secondary N) is 3. The molecule has 0 aliphatic heterocycles. The maximum absolute atomic E-state index is 12.5. The van der Waals surface area contributed by atoms with Crippen molar-refractivity contribution in [2.75, 3.05) is 21.3 Å². The molecule has 33 heavy (non-hydrogen) atoms. The lowest BCUT2D eigenvalue weighted by atomic mass is 10.0. The number of methoxy groups -OCH3 is 3. The predicted molar refractivity (Wildman–Crippen MR) is 129 cm³/mol. The second kappa shape index (κ2) is 11.0. The summed E-state index contributed by atoms with van der Waals surface area (Å²) in [5, 5.41) is 2.46. The number of rotatable bonds is 6. The van der Waals surface area contributed by atoms with Crippen molar-refractivity contribution in [2.24, 2.45) is 0 Å². The third-order valence-electron chi connectivity index (χ3n) is 4.70. The first-order valence-corrected chi connectivity index (χ1v) is 10.2. The van der Waals surface area contributed by atoms with E-state index in [1.807, 2.05) is 42.5 Å². The van der Waals surface area contributed by atoms with Crippen LogP contribution in [0, 0.1) is 0 Å². The molecule has 0 radical (unpaired) electrons. The quantitative estimate of drug-likeness (QED) is 0.379. The van der Waals surface area contributed by atoms with Crippen LogP contribution in [0.5, 0.6) is 17.2 Å². The molecule has 0 bridgehead atoms. The Bertz CT molecular complexity index is 1130. The number of hydrogen-bond donors (Lipinski definition) is 3. The number of amides is 2. The highest BCUT2D eigenvalue weighted by Crippen LogP contribution is 2.38. The lowest BCUT2D eigenvalue weighted by molar-refractivity contribution is 0.0934. The fourth-order valence-electron chi connectivity index (χ4n) is 3.05. The summed E-state index contributed by atoms with van der Waals surface area (Å²) in [5.41, 5.74) is 7.65. The van der Waals surface area contributed by atoms with Gasteiger partial charge in [0.2, 0.25) is 5.75 Å². The van der Waals surface area contributed by atoms with Crippen LogP contribution in [0.1, 0.15) is 20.7 Å². The predicted octanol–water partition coefficient (Wildman–Crippen LogP) is 3.33. The third kappa shape index (κ3) is 5.78. The Labute approximate surface area is 196 Å². The smallest absolute Gasteiger partial charge is 0.269 e. The summed E-state index contributed by atoms with van der Waals surface area (Å²) in [5.74, 6) is 0.103. The Morgan fingerprint density at radius 2 is 1.27 bits per heavy atom. The number of hydrogen-bond acceptors (Lipinski definition) is 6. The average molecular weight is 466 g/mol. The minimum Gasteiger partial charge on any atom is -0.493 e. The SMILES string of the molecule is COc1cc(C(=O)NNC(=S)NC(=O)c2ccc(-c3ccccc3)cc2)cc(OC)c1OC. The van der Waals surface area contributed by atoms with Crippen molar-refractivity contribution in [1.82, 2.24) is 16.2 Å². The van der Waals surface area contributed by atoms with Crippen molar-refractivity contribution in [3.63, 3.8) is 0 Å². The highest BCUT2D eigenvalue weighted by Gasteiger charge is 2.17. The molecule has 9 heteroatoms. The largest absolute Gasteiger partial charge is 0.493 e. The summed E-state index contributed by atoms with van der Waals surface area (Å²) in [4.78, 5) is 25.0. The Balaban J connectivity index is 1.59. The summed E-state index contributed by atoms with van der Waals surface area (Å²) in [7, 11) is 4.38. The molecule has 3 aromatic rings. The van der Waals surface area contributed by atoms with Gasteiger partial charge in [-0.15, -0.1) is 0 Å². The van der Waals surface area contributed by atoms with E-state index in [1.165, 1.54) is 33.5 Å². The molecule has 3 N–H and O–H groups in total. The number of thiocarbonyl (C=S) groups is 1. The van der Waals surface area contributed by atoms with Gasteiger partial charge in [0.25, 0.3) is 11.8 Å². The number of carbonyl (C=O) groups is 2. The number of carbonyl (C=O) groups excluding carboxylic acids is 2. The maximum atomic E-state index is 12.5. The van der Waals surface area contributed by atoms with Gasteiger partial charge >= 0.3 is 0 Å². The van der Waals surface area contributed by atoms with E-state index in [1.54, 1.807) is 12.1 Å². The molecule has 0 unspecified atom stereocenters. The normalized spacial score (nSPS) is 10.0. The molecule has 0 saturated heterocycles. The molecule has 8 nitrogen and oxygen atoms in total. The highest BCUT2D eigenvalue weighted by molar-refractivity contribution is 7.80. The first-order chi connectivity index (χ1) is 16.0. The van der Waals surface area contributed by atoms with Crippen molar-refractivity contribution in [1.29, 1.82) is 0 Å². The van der Waals surface area contributed by atoms with Crippen molar-refractivity contribution in [3.8, 4) is 28.4 Å². The van der Waals surface area contributed by atoms with Crippen molar-refractivity contribution >= 4 is 29.1 Å². The van der Waals surface area contributed by atoms with E-state index in [9.17, 15) is 9.59 Å². The minimum atomic E-state index is -0.516. The zero-order valence-corrected chi connectivity index (χ0v) is 19.1. The van der Waals surface area contributed by atoms with Gasteiger partial charge in [-0.2, -0.15) is 0 Å². The molecular weight excluding hydrogens is 442 g/mol. The van der Waals surface area contributed by atoms with Gasteiger partial charge in [-0.3, -0.25) is 25.8 Å². The minimum absolute atomic E-state index is 0.0621. The zero-order valence-electron chi connectivity index (χ0n) is 18.3. The molecule has 0 saturated carbocycles. The molecule has 2 amide bonds. The first kappa shape index (κ1) is 23.6. The summed E-state index contributed by atoms with van der Waals surface area (Å²) in [6.45, 7) is 0. The monoisotopic (exact) mass is 465 g/mol. The van der Waals surface area contributed by atoms with Crippen LogP contribution in [0.2, 0.25) is 0 Å². The molecule has 0 aliphatic carbocycles. The maximum Gasteiger partial charge on any atom is 0.269 e. The van der Waals surface area contributed by atoms with Gasteiger partial charge in [0, 0.05) is 11.1 Å². The molecule has 3 rings (SSSR count). The van der Waals surface area contributed by atoms with Crippen LogP contribution in [0.3, 0.4) is 0 Å². The average Bonchev–Trinajstić information content (AvgIpc) is 2.86. The molecule has 0 fully saturated rings. The number of hydrazine groups is 1. The zero-order chi connectivity index (χ0) is 23.8. The van der Waals surface area contributed by atoms with E-state index in [-0.39, 0.29) is 10.7 Å². The number of ether oxygens (including phenoxy) is 3. The van der Waals surface area contributed by atoms with Crippen LogP contribution in [-0.2, 0) is 0 Å². The Morgan fingerprint density at radius 3 is 1.82 bits per heavy atom. The first-order valence-electron chi connectivity index (χ1n) is 9.84. The summed E-state index contributed by atoms with van der Waals surface area (Å²) in [6.07, 6.45) is 0. The topological polar surface area (TPSA) is 97.9 Å². The van der Waals surface area contributed by atoms with Crippen LogP contribution >= 0.6 is 12.2 Å². The van der Waals surface area contributed by atoms with E-state index in [0.29, 0.717) is 22.8 Å². The number of benzene rings is 3. The Hall–Kier alpha value is -4.11. The van der Waals surface area contributed by atoms with Gasteiger partial charge in [0.15, 0.2) is 16.6 Å². The highest BCUT2D eigenvalue weighted by atomic mass is 32.1. The molecule has 3 aromatic carbocycles. The van der Waals surface area contributed by atoms with E-state index < -0.39 is 11.8 Å². The fraction of sp³-hybridized carbons (Fsp3) is 0.125. The summed E-state index contributed by atoms with van der Waals surface area (Å²) < 4.78 is 15.7. The van der Waals surface area contributed by atoms with E-state index in [4.69, 9.17) is 26.4 Å².